The van der Waals surface area contributed by atoms with Crippen LogP contribution >= 0.6 is 11.3 Å². The topological polar surface area (TPSA) is 122 Å². The molecule has 0 aliphatic carbocycles. The van der Waals surface area contributed by atoms with Crippen molar-refractivity contribution in [2.75, 3.05) is 5.73 Å². The highest BCUT2D eigenvalue weighted by molar-refractivity contribution is 7.85. The number of nitrogens with one attached hydrogen (secondary N) is 1. The molecule has 3 aromatic rings. The quantitative estimate of drug-likeness (QED) is 0.621. The predicted molar refractivity (Wildman–Crippen MR) is 76.2 cm³/mol. The molecule has 0 radical (unpaired) electrons. The average Bonchev–Trinajstić information content (AvgIpc) is 2.90. The molecule has 0 atom stereocenters. The van der Waals surface area contributed by atoms with Crippen molar-refractivity contribution in [3.63, 3.8) is 0 Å². The van der Waals surface area contributed by atoms with E-state index in [4.69, 9.17) is 10.3 Å². The van der Waals surface area contributed by atoms with Crippen molar-refractivity contribution in [1.29, 1.82) is 0 Å². The number of aryl methyl sites for hydroxylation is 1. The van der Waals surface area contributed by atoms with Crippen LogP contribution in [-0.4, -0.2) is 28.2 Å². The minimum Gasteiger partial charge on any atom is -0.383 e. The van der Waals surface area contributed by atoms with Gasteiger partial charge in [0.05, 0.1) is 26.4 Å². The van der Waals surface area contributed by atoms with Crippen LogP contribution in [0.15, 0.2) is 23.1 Å². The van der Waals surface area contributed by atoms with E-state index in [1.807, 2.05) is 0 Å². The van der Waals surface area contributed by atoms with Gasteiger partial charge >= 0.3 is 0 Å². The first-order valence-corrected chi connectivity index (χ1v) is 7.81. The van der Waals surface area contributed by atoms with E-state index in [0.717, 1.165) is 10.4 Å². The van der Waals surface area contributed by atoms with Crippen molar-refractivity contribution in [3.8, 4) is 10.6 Å². The predicted octanol–water partition coefficient (Wildman–Crippen LogP) is 1.82. The number of aromatic nitrogens is 3. The van der Waals surface area contributed by atoms with Crippen LogP contribution in [0.1, 0.15) is 5.69 Å². The number of H-pyrrole nitrogens is 1. The lowest BCUT2D eigenvalue weighted by Gasteiger charge is -1.95. The first-order valence-electron chi connectivity index (χ1n) is 5.55. The summed E-state index contributed by atoms with van der Waals surface area (Å²) in [5.41, 5.74) is 7.72. The van der Waals surface area contributed by atoms with Gasteiger partial charge in [-0.2, -0.15) is 13.5 Å². The molecule has 0 spiro atoms. The zero-order valence-corrected chi connectivity index (χ0v) is 11.9. The second kappa shape index (κ2) is 4.27. The largest absolute Gasteiger partial charge is 0.383 e. The fourth-order valence-corrected chi connectivity index (χ4v) is 3.45. The Morgan fingerprint density at radius 2 is 2.15 bits per heavy atom. The molecule has 0 saturated heterocycles. The molecule has 0 aliphatic heterocycles. The minimum absolute atomic E-state index is 0.182. The summed E-state index contributed by atoms with van der Waals surface area (Å²) < 4.78 is 32.1. The molecule has 7 nitrogen and oxygen atoms in total. The maximum Gasteiger partial charge on any atom is 0.294 e. The van der Waals surface area contributed by atoms with Gasteiger partial charge in [0.2, 0.25) is 0 Å². The van der Waals surface area contributed by atoms with Gasteiger partial charge in [-0.25, -0.2) is 4.98 Å². The van der Waals surface area contributed by atoms with E-state index in [0.29, 0.717) is 21.9 Å². The SMILES string of the molecule is Cc1n[nH]c(N)c1-c1nc2cc(S(=O)(=O)O)ccc2s1. The van der Waals surface area contributed by atoms with Crippen LogP contribution in [0.3, 0.4) is 0 Å². The molecule has 9 heteroatoms. The Morgan fingerprint density at radius 3 is 2.75 bits per heavy atom. The highest BCUT2D eigenvalue weighted by atomic mass is 32.2. The van der Waals surface area contributed by atoms with Gasteiger partial charge in [-0.05, 0) is 25.1 Å². The van der Waals surface area contributed by atoms with E-state index < -0.39 is 10.1 Å². The number of hydrogen-bond acceptors (Lipinski definition) is 6. The molecule has 0 fully saturated rings. The summed E-state index contributed by atoms with van der Waals surface area (Å²) in [5, 5.41) is 7.32. The smallest absolute Gasteiger partial charge is 0.294 e. The molecule has 104 valence electrons. The van der Waals surface area contributed by atoms with Crippen molar-refractivity contribution in [3.05, 3.63) is 23.9 Å². The van der Waals surface area contributed by atoms with Crippen LogP contribution in [0.5, 0.6) is 0 Å². The molecule has 4 N–H and O–H groups in total. The number of rotatable bonds is 2. The van der Waals surface area contributed by atoms with Crippen molar-refractivity contribution in [2.45, 2.75) is 11.8 Å². The van der Waals surface area contributed by atoms with Crippen molar-refractivity contribution in [1.82, 2.24) is 15.2 Å². The van der Waals surface area contributed by atoms with Gasteiger partial charge in [-0.15, -0.1) is 11.3 Å². The van der Waals surface area contributed by atoms with Crippen molar-refractivity contribution < 1.29 is 13.0 Å². The lowest BCUT2D eigenvalue weighted by atomic mass is 10.2. The van der Waals surface area contributed by atoms with Crippen LogP contribution in [0.25, 0.3) is 20.8 Å². The van der Waals surface area contributed by atoms with E-state index in [1.165, 1.54) is 23.5 Å². The molecule has 1 aromatic carbocycles. The maximum atomic E-state index is 11.1. The Balaban J connectivity index is 2.22. The Kier molecular flexibility index (Phi) is 2.78. The van der Waals surface area contributed by atoms with Crippen LogP contribution in [-0.2, 0) is 10.1 Å². The molecule has 0 amide bonds. The third-order valence-electron chi connectivity index (χ3n) is 2.85. The average molecular weight is 310 g/mol. The second-order valence-electron chi connectivity index (χ2n) is 4.22. The second-order valence-corrected chi connectivity index (χ2v) is 6.67. The van der Waals surface area contributed by atoms with Crippen LogP contribution in [0.4, 0.5) is 5.82 Å². The maximum absolute atomic E-state index is 11.1. The van der Waals surface area contributed by atoms with Crippen molar-refractivity contribution >= 4 is 37.5 Å². The zero-order chi connectivity index (χ0) is 14.5. The van der Waals surface area contributed by atoms with Gasteiger partial charge in [0.1, 0.15) is 10.8 Å². The normalized spacial score (nSPS) is 12.1. The Bertz CT molecular complexity index is 892. The molecule has 20 heavy (non-hydrogen) atoms. The van der Waals surface area contributed by atoms with E-state index >= 15 is 0 Å². The van der Waals surface area contributed by atoms with Gasteiger partial charge in [0, 0.05) is 0 Å². The van der Waals surface area contributed by atoms with Crippen LogP contribution in [0.2, 0.25) is 0 Å². The van der Waals surface area contributed by atoms with Gasteiger partial charge < -0.3 is 5.73 Å². The van der Waals surface area contributed by atoms with E-state index in [-0.39, 0.29) is 4.90 Å². The number of thiazole rings is 1. The Hall–Kier alpha value is -1.97. The molecular weight excluding hydrogens is 300 g/mol. The monoisotopic (exact) mass is 310 g/mol. The summed E-state index contributed by atoms with van der Waals surface area (Å²) in [5.74, 6) is 0.413. The fourth-order valence-electron chi connectivity index (χ4n) is 1.90. The van der Waals surface area contributed by atoms with Crippen LogP contribution < -0.4 is 5.73 Å². The van der Waals surface area contributed by atoms with E-state index in [9.17, 15) is 8.42 Å². The number of nitrogens with zero attached hydrogens (tertiary/aromatic N) is 2. The summed E-state index contributed by atoms with van der Waals surface area (Å²) in [6.07, 6.45) is 0. The standard InChI is InChI=1S/C11H10N4O3S2/c1-5-9(10(12)15-14-5)11-13-7-4-6(20(16,17)18)2-3-8(7)19-11/h2-4H,1H3,(H3,12,14,15)(H,16,17,18). The lowest BCUT2D eigenvalue weighted by molar-refractivity contribution is 0.483. The number of aromatic amines is 1. The van der Waals surface area contributed by atoms with Crippen LogP contribution in [0, 0.1) is 6.92 Å². The lowest BCUT2D eigenvalue weighted by Crippen LogP contribution is -1.97. The summed E-state index contributed by atoms with van der Waals surface area (Å²) in [7, 11) is -4.23. The number of fused-ring (bicyclic) bond motifs is 1. The molecule has 2 heterocycles. The third kappa shape index (κ3) is 2.05. The van der Waals surface area contributed by atoms with Gasteiger partial charge in [0.25, 0.3) is 10.1 Å². The third-order valence-corrected chi connectivity index (χ3v) is 4.75. The number of anilines is 1. The molecule has 2 aromatic heterocycles. The fraction of sp³-hybridized carbons (Fsp3) is 0.0909. The zero-order valence-electron chi connectivity index (χ0n) is 10.3. The summed E-state index contributed by atoms with van der Waals surface area (Å²) >= 11 is 1.38. The first-order chi connectivity index (χ1) is 9.36. The number of nitrogen functional groups attached to an aromatic ring is 1. The van der Waals surface area contributed by atoms with Crippen molar-refractivity contribution in [2.24, 2.45) is 0 Å². The molecule has 0 bridgehead atoms. The van der Waals surface area contributed by atoms with E-state index in [1.54, 1.807) is 13.0 Å². The molecule has 0 saturated carbocycles. The highest BCUT2D eigenvalue weighted by Gasteiger charge is 2.16. The minimum atomic E-state index is -4.23. The first kappa shape index (κ1) is 13.0. The van der Waals surface area contributed by atoms with E-state index in [2.05, 4.69) is 15.2 Å². The summed E-state index contributed by atoms with van der Waals surface area (Å²) in [4.78, 5) is 4.17. The molecule has 0 aliphatic rings. The summed E-state index contributed by atoms with van der Waals surface area (Å²) in [6, 6.07) is 4.27. The Labute approximate surface area is 118 Å². The molecule has 3 rings (SSSR count). The highest BCUT2D eigenvalue weighted by Crippen LogP contribution is 2.35. The summed E-state index contributed by atoms with van der Waals surface area (Å²) in [6.45, 7) is 1.80. The van der Waals surface area contributed by atoms with Gasteiger partial charge in [0.15, 0.2) is 0 Å². The molecular formula is C11H10N4O3S2. The molecule has 0 unspecified atom stereocenters. The number of hydrogen-bond donors (Lipinski definition) is 3. The van der Waals surface area contributed by atoms with Gasteiger partial charge in [-0.3, -0.25) is 9.65 Å². The Morgan fingerprint density at radius 1 is 1.40 bits per heavy atom. The number of nitrogens with two attached hydrogens (primary N) is 1. The number of benzene rings is 1. The van der Waals surface area contributed by atoms with Gasteiger partial charge in [-0.1, -0.05) is 0 Å².